The fourth-order valence-electron chi connectivity index (χ4n) is 3.76. The van der Waals surface area contributed by atoms with Crippen LogP contribution in [0.1, 0.15) is 50.4 Å². The second-order valence-electron chi connectivity index (χ2n) is 7.29. The van der Waals surface area contributed by atoms with Crippen LogP contribution in [0, 0.1) is 24.1 Å². The van der Waals surface area contributed by atoms with E-state index >= 15 is 0 Å². The van der Waals surface area contributed by atoms with Gasteiger partial charge in [0.25, 0.3) is 0 Å². The van der Waals surface area contributed by atoms with Gasteiger partial charge in [-0.25, -0.2) is 18.7 Å². The highest BCUT2D eigenvalue weighted by Gasteiger charge is 2.67. The quantitative estimate of drug-likeness (QED) is 0.341. The summed E-state index contributed by atoms with van der Waals surface area (Å²) in [4.78, 5) is 24.3. The van der Waals surface area contributed by atoms with E-state index in [2.05, 4.69) is 20.9 Å². The van der Waals surface area contributed by atoms with Crippen LogP contribution >= 0.6 is 11.8 Å². The van der Waals surface area contributed by atoms with E-state index in [1.54, 1.807) is 6.07 Å². The summed E-state index contributed by atoms with van der Waals surface area (Å²) in [5, 5.41) is 0.255. The fourth-order valence-corrected chi connectivity index (χ4v) is 5.05. The molecule has 3 atom stereocenters. The molecule has 1 fully saturated rings. The molecule has 0 amide bonds. The third-order valence-corrected chi connectivity index (χ3v) is 7.04. The number of benzene rings is 1. The minimum Gasteiger partial charge on any atom is -0.463 e. The van der Waals surface area contributed by atoms with Gasteiger partial charge in [0.1, 0.15) is 17.3 Å². The standard InChI is InChI=1S/C23H22F2N4O2S.C2H6/c1-5-8-31-20-12-28-19(11-29-20)18(25)10-15-6-7-17(24)16(9-15)21-13(2)23(21,14(3)30)32-22(26)27-4;1-2/h1,6-7,9-13,21H,8H2,2-4H3,(H2,26,27);1-2H3/b18-10-;/t13-,21?,23+;/m0./s1. The molecule has 9 heteroatoms. The summed E-state index contributed by atoms with van der Waals surface area (Å²) in [6, 6.07) is 4.25. The molecule has 1 aromatic heterocycles. The van der Waals surface area contributed by atoms with Gasteiger partial charge in [-0.05, 0) is 42.2 Å². The normalized spacial score (nSPS) is 21.7. The predicted molar refractivity (Wildman–Crippen MR) is 134 cm³/mol. The summed E-state index contributed by atoms with van der Waals surface area (Å²) in [5.41, 5.74) is 6.59. The average Bonchev–Trinajstić information content (AvgIpc) is 3.44. The Labute approximate surface area is 203 Å². The van der Waals surface area contributed by atoms with Crippen LogP contribution in [-0.4, -0.2) is 39.3 Å². The highest BCUT2D eigenvalue weighted by atomic mass is 32.2. The summed E-state index contributed by atoms with van der Waals surface area (Å²) in [5.74, 6) is 0.673. The monoisotopic (exact) mass is 486 g/mol. The van der Waals surface area contributed by atoms with Gasteiger partial charge in [-0.2, -0.15) is 0 Å². The molecule has 1 aliphatic rings. The lowest BCUT2D eigenvalue weighted by Gasteiger charge is -2.14. The van der Waals surface area contributed by atoms with E-state index in [1.807, 2.05) is 20.8 Å². The number of nitrogens with zero attached hydrogens (tertiary/aromatic N) is 3. The van der Waals surface area contributed by atoms with E-state index in [0.29, 0.717) is 11.1 Å². The van der Waals surface area contributed by atoms with Gasteiger partial charge in [0.2, 0.25) is 5.88 Å². The zero-order chi connectivity index (χ0) is 25.5. The molecule has 2 N–H and O–H groups in total. The molecule has 1 unspecified atom stereocenters. The third kappa shape index (κ3) is 5.62. The van der Waals surface area contributed by atoms with E-state index in [4.69, 9.17) is 16.9 Å². The number of hydrogen-bond donors (Lipinski definition) is 1. The Kier molecular flexibility index (Phi) is 9.33. The highest BCUT2D eigenvalue weighted by Crippen LogP contribution is 2.66. The smallest absolute Gasteiger partial charge is 0.233 e. The summed E-state index contributed by atoms with van der Waals surface area (Å²) in [6.45, 7) is 7.35. The second kappa shape index (κ2) is 11.7. The number of carbonyl (C=O) groups is 1. The number of thioether (sulfide) groups is 1. The van der Waals surface area contributed by atoms with Gasteiger partial charge in [0, 0.05) is 13.0 Å². The number of nitrogens with two attached hydrogens (primary N) is 1. The van der Waals surface area contributed by atoms with Gasteiger partial charge < -0.3 is 10.5 Å². The molecule has 6 nitrogen and oxygen atoms in total. The van der Waals surface area contributed by atoms with Gasteiger partial charge in [0.15, 0.2) is 17.6 Å². The lowest BCUT2D eigenvalue weighted by molar-refractivity contribution is -0.117. The molecule has 1 saturated carbocycles. The molecule has 0 spiro atoms. The number of Topliss-reactive ketones (excluding diaryl/α,β-unsaturated/α-hetero) is 1. The maximum absolute atomic E-state index is 14.7. The predicted octanol–water partition coefficient (Wildman–Crippen LogP) is 4.86. The Morgan fingerprint density at radius 3 is 2.65 bits per heavy atom. The van der Waals surface area contributed by atoms with E-state index < -0.39 is 22.3 Å². The van der Waals surface area contributed by atoms with E-state index in [1.165, 1.54) is 44.6 Å². The molecule has 34 heavy (non-hydrogen) atoms. The van der Waals surface area contributed by atoms with Crippen molar-refractivity contribution in [2.24, 2.45) is 16.6 Å². The minimum atomic E-state index is -0.898. The van der Waals surface area contributed by atoms with Gasteiger partial charge in [0.05, 0.1) is 17.1 Å². The van der Waals surface area contributed by atoms with Crippen LogP contribution < -0.4 is 10.5 Å². The number of aliphatic imine (C=N–C) groups is 1. The Bertz CT molecular complexity index is 1130. The molecule has 0 radical (unpaired) electrons. The van der Waals surface area contributed by atoms with Gasteiger partial charge >= 0.3 is 0 Å². The number of ketones is 1. The Morgan fingerprint density at radius 2 is 2.09 bits per heavy atom. The fraction of sp³-hybridized carbons (Fsp3) is 0.360. The molecule has 1 heterocycles. The van der Waals surface area contributed by atoms with Crippen LogP contribution in [0.15, 0.2) is 35.6 Å². The number of amidine groups is 1. The first-order valence-corrected chi connectivity index (χ1v) is 11.5. The second-order valence-corrected chi connectivity index (χ2v) is 8.58. The first-order valence-electron chi connectivity index (χ1n) is 10.7. The maximum Gasteiger partial charge on any atom is 0.233 e. The van der Waals surface area contributed by atoms with Crippen LogP contribution in [0.5, 0.6) is 5.88 Å². The van der Waals surface area contributed by atoms with Crippen molar-refractivity contribution < 1.29 is 18.3 Å². The Balaban J connectivity index is 0.00000199. The van der Waals surface area contributed by atoms with Crippen molar-refractivity contribution in [1.29, 1.82) is 0 Å². The summed E-state index contributed by atoms with van der Waals surface area (Å²) >= 11 is 1.14. The SMILES string of the molecule is C#CCOc1cnc(/C(F)=C/c2ccc(F)c(C3[C@H](C)[C@@]3(SC(N)=NC)C(C)=O)c2)cn1.CC. The molecule has 1 aromatic carbocycles. The maximum atomic E-state index is 14.7. The Hall–Kier alpha value is -3.25. The summed E-state index contributed by atoms with van der Waals surface area (Å²) in [6.07, 6.45) is 8.82. The van der Waals surface area contributed by atoms with E-state index in [9.17, 15) is 13.6 Å². The minimum absolute atomic E-state index is 0.00991. The lowest BCUT2D eigenvalue weighted by Crippen LogP contribution is -2.25. The first kappa shape index (κ1) is 27.0. The number of ether oxygens (including phenoxy) is 1. The zero-order valence-corrected chi connectivity index (χ0v) is 20.6. The average molecular weight is 487 g/mol. The number of rotatable bonds is 7. The molecule has 180 valence electrons. The number of carbonyl (C=O) groups excluding carboxylic acids is 1. The van der Waals surface area contributed by atoms with Gasteiger partial charge in [-0.15, -0.1) is 6.42 Å². The first-order chi connectivity index (χ1) is 16.2. The van der Waals surface area contributed by atoms with Crippen molar-refractivity contribution in [3.63, 3.8) is 0 Å². The van der Waals surface area contributed by atoms with Crippen molar-refractivity contribution in [2.45, 2.75) is 38.4 Å². The van der Waals surface area contributed by atoms with Crippen LogP contribution in [-0.2, 0) is 4.79 Å². The molecule has 0 bridgehead atoms. The summed E-state index contributed by atoms with van der Waals surface area (Å²) < 4.78 is 33.7. The topological polar surface area (TPSA) is 90.5 Å². The van der Waals surface area contributed by atoms with Gasteiger partial charge in [-0.3, -0.25) is 9.79 Å². The van der Waals surface area contributed by atoms with Crippen molar-refractivity contribution in [3.05, 3.63) is 53.2 Å². The third-order valence-electron chi connectivity index (χ3n) is 5.40. The van der Waals surface area contributed by atoms with E-state index in [-0.39, 0.29) is 35.0 Å². The molecular weight excluding hydrogens is 458 g/mol. The van der Waals surface area contributed by atoms with Crippen molar-refractivity contribution in [3.8, 4) is 18.2 Å². The van der Waals surface area contributed by atoms with Crippen molar-refractivity contribution in [2.75, 3.05) is 13.7 Å². The van der Waals surface area contributed by atoms with Crippen molar-refractivity contribution in [1.82, 2.24) is 9.97 Å². The molecular formula is C25H28F2N4O2S. The van der Waals surface area contributed by atoms with Crippen molar-refractivity contribution >= 4 is 34.6 Å². The molecule has 0 aliphatic heterocycles. The molecule has 3 rings (SSSR count). The van der Waals surface area contributed by atoms with Crippen LogP contribution in [0.4, 0.5) is 8.78 Å². The highest BCUT2D eigenvalue weighted by molar-refractivity contribution is 8.15. The van der Waals surface area contributed by atoms with E-state index in [0.717, 1.165) is 11.8 Å². The molecule has 1 aliphatic carbocycles. The van der Waals surface area contributed by atoms with Crippen LogP contribution in [0.25, 0.3) is 11.9 Å². The van der Waals surface area contributed by atoms with Crippen LogP contribution in [0.2, 0.25) is 0 Å². The largest absolute Gasteiger partial charge is 0.463 e. The Morgan fingerprint density at radius 1 is 1.38 bits per heavy atom. The van der Waals surface area contributed by atoms with Gasteiger partial charge in [-0.1, -0.05) is 44.5 Å². The molecule has 0 saturated heterocycles. The molecule has 2 aromatic rings. The summed E-state index contributed by atoms with van der Waals surface area (Å²) in [7, 11) is 1.53. The number of hydrogen-bond acceptors (Lipinski definition) is 6. The lowest BCUT2D eigenvalue weighted by atomic mass is 10.0. The number of halogens is 2. The zero-order valence-electron chi connectivity index (χ0n) is 19.8. The number of terminal acetylenes is 1. The van der Waals surface area contributed by atoms with Crippen LogP contribution in [0.3, 0.4) is 0 Å². The number of aromatic nitrogens is 2.